The fourth-order valence-corrected chi connectivity index (χ4v) is 2.77. The van der Waals surface area contributed by atoms with Crippen molar-refractivity contribution >= 4 is 17.4 Å². The second kappa shape index (κ2) is 5.96. The summed E-state index contributed by atoms with van der Waals surface area (Å²) >= 11 is 0. The van der Waals surface area contributed by atoms with Crippen LogP contribution in [0.5, 0.6) is 0 Å². The topological polar surface area (TPSA) is 46.6 Å². The summed E-state index contributed by atoms with van der Waals surface area (Å²) in [5.41, 5.74) is -0.262. The highest BCUT2D eigenvalue weighted by Crippen LogP contribution is 2.28. The zero-order valence-electron chi connectivity index (χ0n) is 11.9. The molecule has 0 N–H and O–H groups in total. The molecule has 2 heterocycles. The van der Waals surface area contributed by atoms with Gasteiger partial charge in [0.1, 0.15) is 0 Å². The predicted octanol–water partition coefficient (Wildman–Crippen LogP) is 2.14. The van der Waals surface area contributed by atoms with Crippen LogP contribution in [0.3, 0.4) is 0 Å². The lowest BCUT2D eigenvalue weighted by molar-refractivity contribution is -0.137. The Balaban J connectivity index is 1.80. The van der Waals surface area contributed by atoms with E-state index < -0.39 is 23.4 Å². The number of halogens is 2. The van der Waals surface area contributed by atoms with Gasteiger partial charge in [0.25, 0.3) is 11.8 Å². The largest absolute Gasteiger partial charge is 0.381 e. The lowest BCUT2D eigenvalue weighted by atomic mass is 9.99. The summed E-state index contributed by atoms with van der Waals surface area (Å²) in [5, 5.41) is 0. The van der Waals surface area contributed by atoms with Crippen molar-refractivity contribution in [2.24, 2.45) is 5.92 Å². The van der Waals surface area contributed by atoms with E-state index in [4.69, 9.17) is 4.74 Å². The Hall–Kier alpha value is -2.08. The van der Waals surface area contributed by atoms with E-state index in [2.05, 4.69) is 0 Å². The van der Waals surface area contributed by atoms with Crippen LogP contribution in [0.1, 0.15) is 18.4 Å². The second-order valence-corrected chi connectivity index (χ2v) is 5.47. The van der Waals surface area contributed by atoms with Crippen molar-refractivity contribution in [1.29, 1.82) is 0 Å². The first-order chi connectivity index (χ1) is 10.6. The first-order valence-corrected chi connectivity index (χ1v) is 7.17. The summed E-state index contributed by atoms with van der Waals surface area (Å²) in [4.78, 5) is 25.5. The van der Waals surface area contributed by atoms with Crippen molar-refractivity contribution in [1.82, 2.24) is 4.90 Å². The van der Waals surface area contributed by atoms with E-state index in [1.165, 1.54) is 12.1 Å². The summed E-state index contributed by atoms with van der Waals surface area (Å²) < 4.78 is 32.4. The van der Waals surface area contributed by atoms with Gasteiger partial charge in [-0.25, -0.2) is 8.78 Å². The maximum atomic E-state index is 13.8. The van der Waals surface area contributed by atoms with Crippen LogP contribution in [-0.2, 0) is 14.3 Å². The molecule has 2 aliphatic rings. The number of nitrogens with zero attached hydrogens (tertiary/aromatic N) is 1. The molecular weight excluding hydrogens is 292 g/mol. The van der Waals surface area contributed by atoms with Crippen molar-refractivity contribution in [2.75, 3.05) is 19.8 Å². The number of hydrogen-bond donors (Lipinski definition) is 0. The van der Waals surface area contributed by atoms with E-state index in [-0.39, 0.29) is 23.6 Å². The quantitative estimate of drug-likeness (QED) is 0.804. The molecule has 22 heavy (non-hydrogen) atoms. The van der Waals surface area contributed by atoms with Crippen LogP contribution in [0.4, 0.5) is 8.78 Å². The average molecular weight is 307 g/mol. The van der Waals surface area contributed by atoms with Gasteiger partial charge in [-0.05, 0) is 24.8 Å². The van der Waals surface area contributed by atoms with Crippen molar-refractivity contribution in [2.45, 2.75) is 12.8 Å². The molecule has 1 saturated heterocycles. The standard InChI is InChI=1S/C16H15F2NO3/c17-13-3-1-2-11(15(13)18)12-8-14(20)19(16(12)21)9-10-4-6-22-7-5-10/h1-3,8,10H,4-7,9H2. The molecule has 0 radical (unpaired) electrons. The van der Waals surface area contributed by atoms with Crippen LogP contribution in [0, 0.1) is 17.6 Å². The molecule has 116 valence electrons. The third kappa shape index (κ3) is 2.66. The number of imide groups is 1. The maximum Gasteiger partial charge on any atom is 0.261 e. The molecule has 0 unspecified atom stereocenters. The number of benzene rings is 1. The van der Waals surface area contributed by atoms with E-state index in [1.807, 2.05) is 0 Å². The highest BCUT2D eigenvalue weighted by atomic mass is 19.2. The summed E-state index contributed by atoms with van der Waals surface area (Å²) in [6, 6.07) is 3.58. The lowest BCUT2D eigenvalue weighted by Gasteiger charge is -2.26. The van der Waals surface area contributed by atoms with Crippen molar-refractivity contribution in [3.8, 4) is 0 Å². The molecule has 1 fully saturated rings. The minimum absolute atomic E-state index is 0.0888. The number of carbonyl (C=O) groups is 2. The molecule has 2 aliphatic heterocycles. The summed E-state index contributed by atoms with van der Waals surface area (Å²) in [6.07, 6.45) is 2.64. The van der Waals surface area contributed by atoms with Gasteiger partial charge < -0.3 is 4.74 Å². The third-order valence-corrected chi connectivity index (χ3v) is 4.03. The summed E-state index contributed by atoms with van der Waals surface area (Å²) in [7, 11) is 0. The Bertz CT molecular complexity index is 651. The van der Waals surface area contributed by atoms with Gasteiger partial charge in [0.05, 0.1) is 5.57 Å². The Labute approximate surface area is 126 Å². The minimum atomic E-state index is -1.11. The lowest BCUT2D eigenvalue weighted by Crippen LogP contribution is -2.37. The van der Waals surface area contributed by atoms with Gasteiger partial charge in [-0.1, -0.05) is 12.1 Å². The van der Waals surface area contributed by atoms with E-state index in [0.717, 1.165) is 29.9 Å². The van der Waals surface area contributed by atoms with E-state index in [0.29, 0.717) is 13.2 Å². The number of rotatable bonds is 3. The number of carbonyl (C=O) groups excluding carboxylic acids is 2. The SMILES string of the molecule is O=C1C=C(c2cccc(F)c2F)C(=O)N1CC1CCOCC1. The average Bonchev–Trinajstić information content (AvgIpc) is 2.79. The van der Waals surface area contributed by atoms with Gasteiger partial charge in [-0.15, -0.1) is 0 Å². The van der Waals surface area contributed by atoms with Crippen LogP contribution in [0.15, 0.2) is 24.3 Å². The molecule has 2 amide bonds. The Kier molecular flexibility index (Phi) is 4.02. The molecule has 0 atom stereocenters. The summed E-state index contributed by atoms with van der Waals surface area (Å²) in [5.74, 6) is -3.01. The number of hydrogen-bond acceptors (Lipinski definition) is 3. The Morgan fingerprint density at radius 2 is 1.91 bits per heavy atom. The highest BCUT2D eigenvalue weighted by Gasteiger charge is 2.35. The van der Waals surface area contributed by atoms with Gasteiger partial charge in [-0.2, -0.15) is 0 Å². The smallest absolute Gasteiger partial charge is 0.261 e. The van der Waals surface area contributed by atoms with Crippen LogP contribution in [-0.4, -0.2) is 36.5 Å². The first kappa shape index (κ1) is 14.8. The van der Waals surface area contributed by atoms with Crippen LogP contribution >= 0.6 is 0 Å². The van der Waals surface area contributed by atoms with Gasteiger partial charge in [0.2, 0.25) is 0 Å². The van der Waals surface area contributed by atoms with E-state index in [1.54, 1.807) is 0 Å². The van der Waals surface area contributed by atoms with Crippen molar-refractivity contribution in [3.05, 3.63) is 41.5 Å². The monoisotopic (exact) mass is 307 g/mol. The van der Waals surface area contributed by atoms with Crippen molar-refractivity contribution in [3.63, 3.8) is 0 Å². The van der Waals surface area contributed by atoms with Gasteiger partial charge in [0, 0.05) is 31.4 Å². The molecule has 1 aromatic carbocycles. The molecule has 3 rings (SSSR count). The van der Waals surface area contributed by atoms with E-state index in [9.17, 15) is 18.4 Å². The fourth-order valence-electron chi connectivity index (χ4n) is 2.77. The first-order valence-electron chi connectivity index (χ1n) is 7.17. The maximum absolute atomic E-state index is 13.8. The molecule has 0 spiro atoms. The Morgan fingerprint density at radius 1 is 1.18 bits per heavy atom. The molecular formula is C16H15F2NO3. The molecule has 0 bridgehead atoms. The third-order valence-electron chi connectivity index (χ3n) is 4.03. The number of amides is 2. The molecule has 0 aromatic heterocycles. The van der Waals surface area contributed by atoms with Crippen LogP contribution in [0.2, 0.25) is 0 Å². The molecule has 0 saturated carbocycles. The molecule has 6 heteroatoms. The Morgan fingerprint density at radius 3 is 2.64 bits per heavy atom. The predicted molar refractivity (Wildman–Crippen MR) is 74.6 cm³/mol. The van der Waals surface area contributed by atoms with Gasteiger partial charge in [-0.3, -0.25) is 14.5 Å². The van der Waals surface area contributed by atoms with Crippen LogP contribution in [0.25, 0.3) is 5.57 Å². The van der Waals surface area contributed by atoms with Crippen LogP contribution < -0.4 is 0 Å². The van der Waals surface area contributed by atoms with Gasteiger partial charge >= 0.3 is 0 Å². The second-order valence-electron chi connectivity index (χ2n) is 5.47. The van der Waals surface area contributed by atoms with Gasteiger partial charge in [0.15, 0.2) is 11.6 Å². The highest BCUT2D eigenvalue weighted by molar-refractivity contribution is 6.33. The molecule has 0 aliphatic carbocycles. The van der Waals surface area contributed by atoms with E-state index >= 15 is 0 Å². The zero-order chi connectivity index (χ0) is 15.7. The minimum Gasteiger partial charge on any atom is -0.381 e. The normalized spacial score (nSPS) is 19.7. The number of ether oxygens (including phenoxy) is 1. The molecule has 1 aromatic rings. The molecule has 4 nitrogen and oxygen atoms in total. The zero-order valence-corrected chi connectivity index (χ0v) is 11.9. The fraction of sp³-hybridized carbons (Fsp3) is 0.375. The summed E-state index contributed by atoms with van der Waals surface area (Å²) in [6.45, 7) is 1.51. The van der Waals surface area contributed by atoms with Crippen molar-refractivity contribution < 1.29 is 23.1 Å².